The van der Waals surface area contributed by atoms with E-state index in [2.05, 4.69) is 9.97 Å². The van der Waals surface area contributed by atoms with Gasteiger partial charge in [0, 0.05) is 17.3 Å². The Morgan fingerprint density at radius 2 is 1.90 bits per heavy atom. The van der Waals surface area contributed by atoms with Gasteiger partial charge in [0.05, 0.1) is 10.5 Å². The molecular weight excluding hydrogens is 270 g/mol. The molecule has 0 fully saturated rings. The maximum atomic E-state index is 14.0. The van der Waals surface area contributed by atoms with Gasteiger partial charge in [0.2, 0.25) is 5.82 Å². The van der Waals surface area contributed by atoms with Crippen LogP contribution in [-0.2, 0) is 0 Å². The van der Waals surface area contributed by atoms with E-state index in [-0.39, 0.29) is 11.6 Å². The van der Waals surface area contributed by atoms with E-state index in [9.17, 15) is 18.9 Å². The second kappa shape index (κ2) is 4.80. The van der Waals surface area contributed by atoms with Gasteiger partial charge in [0.25, 0.3) is 0 Å². The highest BCUT2D eigenvalue weighted by Gasteiger charge is 2.24. The van der Waals surface area contributed by atoms with Gasteiger partial charge >= 0.3 is 5.69 Å². The van der Waals surface area contributed by atoms with Crippen molar-refractivity contribution < 1.29 is 13.7 Å². The van der Waals surface area contributed by atoms with Gasteiger partial charge in [-0.15, -0.1) is 0 Å². The van der Waals surface area contributed by atoms with E-state index < -0.39 is 27.8 Å². The maximum Gasteiger partial charge on any atom is 0.305 e. The smallest absolute Gasteiger partial charge is 0.305 e. The van der Waals surface area contributed by atoms with Crippen molar-refractivity contribution in [2.75, 3.05) is 5.73 Å². The molecule has 0 aliphatic rings. The van der Waals surface area contributed by atoms with Gasteiger partial charge < -0.3 is 5.73 Å². The minimum absolute atomic E-state index is 0.0674. The Morgan fingerprint density at radius 3 is 2.45 bits per heavy atom. The average Bonchev–Trinajstić information content (AvgIpc) is 2.35. The zero-order valence-corrected chi connectivity index (χ0v) is 10.6. The van der Waals surface area contributed by atoms with E-state index in [0.29, 0.717) is 11.3 Å². The predicted molar refractivity (Wildman–Crippen MR) is 67.9 cm³/mol. The largest absolute Gasteiger partial charge is 0.383 e. The summed E-state index contributed by atoms with van der Waals surface area (Å²) in [6, 6.07) is 1.55. The Kier molecular flexibility index (Phi) is 3.31. The first-order valence-electron chi connectivity index (χ1n) is 5.56. The van der Waals surface area contributed by atoms with Crippen molar-refractivity contribution in [2.24, 2.45) is 0 Å². The van der Waals surface area contributed by atoms with E-state index >= 15 is 0 Å². The highest BCUT2D eigenvalue weighted by molar-refractivity contribution is 5.63. The summed E-state index contributed by atoms with van der Waals surface area (Å²) in [6.07, 6.45) is 0. The van der Waals surface area contributed by atoms with Gasteiger partial charge in [-0.2, -0.15) is 4.39 Å². The van der Waals surface area contributed by atoms with Crippen molar-refractivity contribution in [3.63, 3.8) is 0 Å². The lowest BCUT2D eigenvalue weighted by Crippen LogP contribution is -2.05. The molecule has 0 aliphatic heterocycles. The number of anilines is 1. The number of halogens is 2. The van der Waals surface area contributed by atoms with Crippen LogP contribution >= 0.6 is 0 Å². The first-order chi connectivity index (χ1) is 9.32. The molecule has 0 amide bonds. The van der Waals surface area contributed by atoms with Crippen LogP contribution in [0.15, 0.2) is 12.1 Å². The van der Waals surface area contributed by atoms with Gasteiger partial charge in [-0.3, -0.25) is 10.1 Å². The summed E-state index contributed by atoms with van der Waals surface area (Å²) in [5.74, 6) is -2.56. The minimum Gasteiger partial charge on any atom is -0.383 e. The van der Waals surface area contributed by atoms with Crippen LogP contribution in [0.2, 0.25) is 0 Å². The van der Waals surface area contributed by atoms with Gasteiger partial charge in [-0.25, -0.2) is 14.4 Å². The Bertz CT molecular complexity index is 696. The lowest BCUT2D eigenvalue weighted by molar-refractivity contribution is -0.387. The van der Waals surface area contributed by atoms with E-state index in [0.717, 1.165) is 12.1 Å². The number of rotatable bonds is 2. The number of nitro groups is 1. The zero-order valence-electron chi connectivity index (χ0n) is 10.6. The maximum absolute atomic E-state index is 14.0. The summed E-state index contributed by atoms with van der Waals surface area (Å²) < 4.78 is 27.8. The standard InChI is InChI=1S/C12H10F2N4O2/c1-5-6(2)16-12(17-11(5)15)9-7(13)3-4-8(10(9)14)18(19)20/h3-4H,1-2H3,(H2,15,16,17). The predicted octanol–water partition coefficient (Wildman–Crippen LogP) is 2.53. The first kappa shape index (κ1) is 13.8. The number of nitrogens with zero attached hydrogens (tertiary/aromatic N) is 3. The van der Waals surface area contributed by atoms with Gasteiger partial charge in [0.15, 0.2) is 5.82 Å². The topological polar surface area (TPSA) is 94.9 Å². The molecule has 2 N–H and O–H groups in total. The molecule has 0 unspecified atom stereocenters. The molecule has 0 saturated carbocycles. The summed E-state index contributed by atoms with van der Waals surface area (Å²) in [6.45, 7) is 3.26. The van der Waals surface area contributed by atoms with Gasteiger partial charge in [-0.05, 0) is 19.9 Å². The normalized spacial score (nSPS) is 10.6. The van der Waals surface area contributed by atoms with Crippen molar-refractivity contribution in [3.05, 3.63) is 45.1 Å². The molecule has 0 radical (unpaired) electrons. The van der Waals surface area contributed by atoms with Crippen LogP contribution in [0.1, 0.15) is 11.3 Å². The summed E-state index contributed by atoms with van der Waals surface area (Å²) in [7, 11) is 0. The van der Waals surface area contributed by atoms with E-state index in [1.807, 2.05) is 0 Å². The molecule has 6 nitrogen and oxygen atoms in total. The Labute approximate surface area is 112 Å². The Balaban J connectivity index is 2.76. The summed E-state index contributed by atoms with van der Waals surface area (Å²) >= 11 is 0. The molecular formula is C12H10F2N4O2. The van der Waals surface area contributed by atoms with Crippen LogP contribution in [-0.4, -0.2) is 14.9 Å². The molecule has 1 aromatic heterocycles. The highest BCUT2D eigenvalue weighted by Crippen LogP contribution is 2.30. The number of nitrogens with two attached hydrogens (primary N) is 1. The summed E-state index contributed by atoms with van der Waals surface area (Å²) in [5, 5.41) is 10.7. The number of nitro benzene ring substituents is 1. The molecule has 0 aliphatic carbocycles. The van der Waals surface area contributed by atoms with Crippen molar-refractivity contribution in [1.82, 2.24) is 9.97 Å². The van der Waals surface area contributed by atoms with Crippen molar-refractivity contribution in [3.8, 4) is 11.4 Å². The SMILES string of the molecule is Cc1nc(-c2c(F)ccc([N+](=O)[O-])c2F)nc(N)c1C. The zero-order chi connectivity index (χ0) is 15.0. The molecule has 0 atom stereocenters. The van der Waals surface area contributed by atoms with Crippen LogP contribution in [0.3, 0.4) is 0 Å². The second-order valence-corrected chi connectivity index (χ2v) is 4.16. The first-order valence-corrected chi connectivity index (χ1v) is 5.56. The molecule has 8 heteroatoms. The molecule has 20 heavy (non-hydrogen) atoms. The quantitative estimate of drug-likeness (QED) is 0.673. The number of hydrogen-bond donors (Lipinski definition) is 1. The van der Waals surface area contributed by atoms with Crippen LogP contribution in [0, 0.1) is 35.6 Å². The third-order valence-electron chi connectivity index (χ3n) is 2.92. The third kappa shape index (κ3) is 2.15. The summed E-state index contributed by atoms with van der Waals surface area (Å²) in [4.78, 5) is 17.5. The number of aryl methyl sites for hydroxylation is 1. The lowest BCUT2D eigenvalue weighted by atomic mass is 10.1. The van der Waals surface area contributed by atoms with Crippen molar-refractivity contribution in [2.45, 2.75) is 13.8 Å². The van der Waals surface area contributed by atoms with E-state index in [4.69, 9.17) is 5.73 Å². The monoisotopic (exact) mass is 280 g/mol. The molecule has 2 rings (SSSR count). The van der Waals surface area contributed by atoms with Crippen LogP contribution in [0.4, 0.5) is 20.3 Å². The number of benzene rings is 1. The summed E-state index contributed by atoms with van der Waals surface area (Å²) in [5.41, 5.74) is 5.15. The Hall–Kier alpha value is -2.64. The molecule has 0 saturated heterocycles. The van der Waals surface area contributed by atoms with E-state index in [1.54, 1.807) is 13.8 Å². The number of aromatic nitrogens is 2. The minimum atomic E-state index is -1.32. The van der Waals surface area contributed by atoms with Crippen molar-refractivity contribution >= 4 is 11.5 Å². The molecule has 1 aromatic carbocycles. The fraction of sp³-hybridized carbons (Fsp3) is 0.167. The number of hydrogen-bond acceptors (Lipinski definition) is 5. The second-order valence-electron chi connectivity index (χ2n) is 4.16. The van der Waals surface area contributed by atoms with Crippen LogP contribution in [0.5, 0.6) is 0 Å². The lowest BCUT2D eigenvalue weighted by Gasteiger charge is -2.08. The fourth-order valence-corrected chi connectivity index (χ4v) is 1.65. The van der Waals surface area contributed by atoms with Crippen molar-refractivity contribution in [1.29, 1.82) is 0 Å². The molecule has 0 bridgehead atoms. The highest BCUT2D eigenvalue weighted by atomic mass is 19.1. The molecule has 2 aromatic rings. The molecule has 1 heterocycles. The molecule has 0 spiro atoms. The van der Waals surface area contributed by atoms with Crippen LogP contribution < -0.4 is 5.73 Å². The number of nitrogen functional groups attached to an aromatic ring is 1. The molecule has 104 valence electrons. The van der Waals surface area contributed by atoms with Gasteiger partial charge in [0.1, 0.15) is 11.6 Å². The van der Waals surface area contributed by atoms with Gasteiger partial charge in [-0.1, -0.05) is 0 Å². The van der Waals surface area contributed by atoms with Crippen LogP contribution in [0.25, 0.3) is 11.4 Å². The fourth-order valence-electron chi connectivity index (χ4n) is 1.65. The third-order valence-corrected chi connectivity index (χ3v) is 2.92. The average molecular weight is 280 g/mol. The van der Waals surface area contributed by atoms with E-state index in [1.165, 1.54) is 0 Å². The Morgan fingerprint density at radius 1 is 1.25 bits per heavy atom.